The zero-order chi connectivity index (χ0) is 15.7. The molecule has 0 bridgehead atoms. The minimum absolute atomic E-state index is 0.345. The Bertz CT molecular complexity index is 811. The van der Waals surface area contributed by atoms with E-state index in [4.69, 9.17) is 0 Å². The lowest BCUT2D eigenvalue weighted by Gasteiger charge is -2.22. The maximum absolute atomic E-state index is 13.0. The monoisotopic (exact) mass is 425 g/mol. The Morgan fingerprint density at radius 1 is 1.00 bits per heavy atom. The van der Waals surface area contributed by atoms with E-state index in [0.29, 0.717) is 11.4 Å². The maximum Gasteiger partial charge on any atom is 0.264 e. The van der Waals surface area contributed by atoms with E-state index in [1.807, 2.05) is 49.4 Å². The number of aryl methyl sites for hydroxylation is 1. The van der Waals surface area contributed by atoms with Gasteiger partial charge >= 0.3 is 0 Å². The molecule has 0 fully saturated rings. The highest BCUT2D eigenvalue weighted by Crippen LogP contribution is 2.38. The van der Waals surface area contributed by atoms with Crippen molar-refractivity contribution in [1.82, 2.24) is 4.31 Å². The Kier molecular flexibility index (Phi) is 4.27. The van der Waals surface area contributed by atoms with Gasteiger partial charge in [-0.25, -0.2) is 8.42 Å². The highest BCUT2D eigenvalue weighted by molar-refractivity contribution is 14.1. The lowest BCUT2D eigenvalue weighted by Crippen LogP contribution is -2.27. The number of rotatable bonds is 3. The molecule has 3 nitrogen and oxygen atoms in total. The smallest absolute Gasteiger partial charge is 0.264 e. The lowest BCUT2D eigenvalue weighted by molar-refractivity contribution is 0.525. The van der Waals surface area contributed by atoms with Crippen molar-refractivity contribution in [2.45, 2.75) is 18.2 Å². The molecule has 0 radical (unpaired) electrons. The third-order valence-corrected chi connectivity index (χ3v) is 6.56. The molecule has 0 atom stereocenters. The first-order chi connectivity index (χ1) is 10.5. The summed E-state index contributed by atoms with van der Waals surface area (Å²) in [5, 5.41) is 0. The van der Waals surface area contributed by atoms with Gasteiger partial charge in [0.15, 0.2) is 0 Å². The molecule has 5 heteroatoms. The van der Waals surface area contributed by atoms with E-state index in [1.165, 1.54) is 4.31 Å². The molecule has 0 spiro atoms. The van der Waals surface area contributed by atoms with Crippen LogP contribution in [-0.2, 0) is 10.0 Å². The summed E-state index contributed by atoms with van der Waals surface area (Å²) in [7, 11) is -3.52. The number of benzene rings is 2. The summed E-state index contributed by atoms with van der Waals surface area (Å²) < 4.78 is 28.5. The Labute approximate surface area is 144 Å². The van der Waals surface area contributed by atoms with Gasteiger partial charge in [0.2, 0.25) is 0 Å². The van der Waals surface area contributed by atoms with Gasteiger partial charge in [-0.1, -0.05) is 48.0 Å². The summed E-state index contributed by atoms with van der Waals surface area (Å²) in [6.07, 6.45) is 0.760. The van der Waals surface area contributed by atoms with Crippen LogP contribution in [-0.4, -0.2) is 19.3 Å². The standard InChI is InChI=1S/C17H16INO2S/c1-13-7-9-15(10-8-13)22(20,21)19-12-11-16(18)17(19)14-5-3-2-4-6-14/h2-10H,11-12H2,1H3. The second-order valence-electron chi connectivity index (χ2n) is 5.26. The number of sulfonamides is 1. The van der Waals surface area contributed by atoms with Gasteiger partial charge in [-0.3, -0.25) is 4.31 Å². The molecule has 0 saturated carbocycles. The number of halogens is 1. The van der Waals surface area contributed by atoms with E-state index in [2.05, 4.69) is 22.6 Å². The van der Waals surface area contributed by atoms with E-state index in [-0.39, 0.29) is 0 Å². The summed E-state index contributed by atoms with van der Waals surface area (Å²) in [5.41, 5.74) is 2.80. The molecule has 22 heavy (non-hydrogen) atoms. The van der Waals surface area contributed by atoms with E-state index in [0.717, 1.165) is 26.8 Å². The molecule has 2 aromatic carbocycles. The first-order valence-electron chi connectivity index (χ1n) is 7.03. The van der Waals surface area contributed by atoms with Gasteiger partial charge in [-0.2, -0.15) is 0 Å². The average molecular weight is 425 g/mol. The highest BCUT2D eigenvalue weighted by Gasteiger charge is 2.32. The number of hydrogen-bond acceptors (Lipinski definition) is 2. The molecule has 0 amide bonds. The van der Waals surface area contributed by atoms with Crippen molar-refractivity contribution in [2.24, 2.45) is 0 Å². The van der Waals surface area contributed by atoms with Gasteiger partial charge in [0.05, 0.1) is 10.6 Å². The largest absolute Gasteiger partial charge is 0.265 e. The van der Waals surface area contributed by atoms with Crippen LogP contribution >= 0.6 is 22.6 Å². The van der Waals surface area contributed by atoms with Crippen molar-refractivity contribution < 1.29 is 8.42 Å². The summed E-state index contributed by atoms with van der Waals surface area (Å²) in [4.78, 5) is 0.345. The van der Waals surface area contributed by atoms with Gasteiger partial charge < -0.3 is 0 Å². The van der Waals surface area contributed by atoms with Crippen LogP contribution in [0.5, 0.6) is 0 Å². The number of nitrogens with zero attached hydrogens (tertiary/aromatic N) is 1. The van der Waals surface area contributed by atoms with Crippen LogP contribution in [0.4, 0.5) is 0 Å². The minimum atomic E-state index is -3.52. The first-order valence-corrected chi connectivity index (χ1v) is 9.55. The fourth-order valence-electron chi connectivity index (χ4n) is 2.54. The summed E-state index contributed by atoms with van der Waals surface area (Å²) in [5.74, 6) is 0. The van der Waals surface area contributed by atoms with Crippen molar-refractivity contribution in [3.05, 3.63) is 69.3 Å². The van der Waals surface area contributed by atoms with Crippen molar-refractivity contribution in [3.63, 3.8) is 0 Å². The Balaban J connectivity index is 2.06. The molecule has 0 saturated heterocycles. The quantitative estimate of drug-likeness (QED) is 0.692. The zero-order valence-electron chi connectivity index (χ0n) is 12.2. The molecule has 2 aromatic rings. The van der Waals surface area contributed by atoms with Gasteiger partial charge in [0.25, 0.3) is 10.0 Å². The fraction of sp³-hybridized carbons (Fsp3) is 0.176. The molecule has 0 unspecified atom stereocenters. The van der Waals surface area contributed by atoms with Crippen LogP contribution in [0.15, 0.2) is 63.1 Å². The molecule has 1 aliphatic rings. The van der Waals surface area contributed by atoms with Crippen molar-refractivity contribution in [1.29, 1.82) is 0 Å². The zero-order valence-corrected chi connectivity index (χ0v) is 15.1. The molecule has 3 rings (SSSR count). The number of hydrogen-bond donors (Lipinski definition) is 0. The molecular formula is C17H16INO2S. The normalized spacial score (nSPS) is 15.5. The van der Waals surface area contributed by atoms with Crippen LogP contribution in [0.1, 0.15) is 17.5 Å². The van der Waals surface area contributed by atoms with Crippen LogP contribution in [0.25, 0.3) is 5.70 Å². The van der Waals surface area contributed by atoms with E-state index >= 15 is 0 Å². The molecular weight excluding hydrogens is 409 g/mol. The Hall–Kier alpha value is -1.34. The van der Waals surface area contributed by atoms with Crippen LogP contribution in [0, 0.1) is 6.92 Å². The van der Waals surface area contributed by atoms with Gasteiger partial charge in [-0.15, -0.1) is 0 Å². The SMILES string of the molecule is Cc1ccc(S(=O)(=O)N2CCC(I)=C2c2ccccc2)cc1. The lowest BCUT2D eigenvalue weighted by atomic mass is 10.2. The minimum Gasteiger partial charge on any atom is -0.265 e. The van der Waals surface area contributed by atoms with E-state index < -0.39 is 10.0 Å². The molecule has 0 aromatic heterocycles. The summed E-state index contributed by atoms with van der Waals surface area (Å²) in [6, 6.07) is 16.7. The van der Waals surface area contributed by atoms with Crippen molar-refractivity contribution in [3.8, 4) is 0 Å². The van der Waals surface area contributed by atoms with Gasteiger partial charge in [-0.05, 0) is 53.6 Å². The van der Waals surface area contributed by atoms with Gasteiger partial charge in [0, 0.05) is 10.1 Å². The van der Waals surface area contributed by atoms with Crippen LogP contribution < -0.4 is 0 Å². The average Bonchev–Trinajstić information content (AvgIpc) is 2.91. The maximum atomic E-state index is 13.0. The Morgan fingerprint density at radius 3 is 2.27 bits per heavy atom. The molecule has 1 heterocycles. The predicted octanol–water partition coefficient (Wildman–Crippen LogP) is 4.19. The highest BCUT2D eigenvalue weighted by atomic mass is 127. The fourth-order valence-corrected chi connectivity index (χ4v) is 5.07. The topological polar surface area (TPSA) is 37.4 Å². The molecule has 0 N–H and O–H groups in total. The van der Waals surface area contributed by atoms with Gasteiger partial charge in [0.1, 0.15) is 0 Å². The van der Waals surface area contributed by atoms with E-state index in [9.17, 15) is 8.42 Å². The van der Waals surface area contributed by atoms with Crippen LogP contribution in [0.3, 0.4) is 0 Å². The molecule has 1 aliphatic heterocycles. The molecule has 0 aliphatic carbocycles. The third-order valence-electron chi connectivity index (χ3n) is 3.70. The first kappa shape index (κ1) is 15.6. The van der Waals surface area contributed by atoms with Crippen molar-refractivity contribution in [2.75, 3.05) is 6.54 Å². The Morgan fingerprint density at radius 2 is 1.64 bits per heavy atom. The van der Waals surface area contributed by atoms with Crippen LogP contribution in [0.2, 0.25) is 0 Å². The summed E-state index contributed by atoms with van der Waals surface area (Å²) >= 11 is 2.25. The van der Waals surface area contributed by atoms with E-state index in [1.54, 1.807) is 12.1 Å². The van der Waals surface area contributed by atoms with Crippen molar-refractivity contribution >= 4 is 38.3 Å². The predicted molar refractivity (Wildman–Crippen MR) is 97.1 cm³/mol. The second kappa shape index (κ2) is 6.04. The summed E-state index contributed by atoms with van der Waals surface area (Å²) in [6.45, 7) is 2.45. The molecule has 114 valence electrons. The third kappa shape index (κ3) is 2.79. The second-order valence-corrected chi connectivity index (χ2v) is 8.42.